The van der Waals surface area contributed by atoms with Crippen molar-refractivity contribution in [3.8, 4) is 5.69 Å². The lowest BCUT2D eigenvalue weighted by Gasteiger charge is -2.34. The second-order valence-corrected chi connectivity index (χ2v) is 11.1. The second-order valence-electron chi connectivity index (χ2n) is 10.2. The van der Waals surface area contributed by atoms with Gasteiger partial charge in [-0.25, -0.2) is 9.59 Å². The molecule has 0 fully saturated rings. The number of urea groups is 1. The number of fused-ring (bicyclic) bond motifs is 2. The summed E-state index contributed by atoms with van der Waals surface area (Å²) < 4.78 is 1.61. The van der Waals surface area contributed by atoms with E-state index in [9.17, 15) is 24.6 Å². The lowest BCUT2D eigenvalue weighted by molar-refractivity contribution is -0.139. The molecule has 2 unspecified atom stereocenters. The quantitative estimate of drug-likeness (QED) is 0.140. The van der Waals surface area contributed by atoms with Gasteiger partial charge < -0.3 is 31.1 Å². The van der Waals surface area contributed by atoms with Crippen molar-refractivity contribution in [1.82, 2.24) is 9.88 Å². The Hall–Kier alpha value is -5.03. The summed E-state index contributed by atoms with van der Waals surface area (Å²) in [6.45, 7) is 0. The summed E-state index contributed by atoms with van der Waals surface area (Å²) in [5, 5.41) is 27.7. The van der Waals surface area contributed by atoms with E-state index >= 15 is 0 Å². The Morgan fingerprint density at radius 2 is 1.66 bits per heavy atom. The maximum absolute atomic E-state index is 13.6. The normalized spacial score (nSPS) is 15.0. The number of nitrogens with zero attached hydrogens (tertiary/aromatic N) is 2. The SMILES string of the molecule is Nc1ccc2c(c1)C(O)N(c1ccc(CC(NC(=O)c3cc4ccccc4n3-c3c(Cl)cccc3Cl)C(=O)O)cc1)C(=O)N2. The van der Waals surface area contributed by atoms with Gasteiger partial charge in [0, 0.05) is 28.7 Å². The molecule has 6 rings (SSSR count). The molecule has 2 atom stereocenters. The molecule has 0 saturated heterocycles. The molecule has 4 aromatic carbocycles. The van der Waals surface area contributed by atoms with Gasteiger partial charge >= 0.3 is 12.0 Å². The number of rotatable bonds is 7. The van der Waals surface area contributed by atoms with Gasteiger partial charge in [0.15, 0.2) is 6.23 Å². The van der Waals surface area contributed by atoms with Crippen LogP contribution in [0.5, 0.6) is 0 Å². The average Bonchev–Trinajstić information content (AvgIpc) is 3.37. The molecular weight excluding hydrogens is 605 g/mol. The molecule has 0 spiro atoms. The molecule has 1 aliphatic rings. The smallest absolute Gasteiger partial charge is 0.328 e. The number of aromatic nitrogens is 1. The Morgan fingerprint density at radius 1 is 0.955 bits per heavy atom. The second kappa shape index (κ2) is 11.6. The van der Waals surface area contributed by atoms with Crippen molar-refractivity contribution in [1.29, 1.82) is 0 Å². The van der Waals surface area contributed by atoms with Crippen LogP contribution in [0.15, 0.2) is 91.0 Å². The van der Waals surface area contributed by atoms with E-state index in [0.717, 1.165) is 5.39 Å². The molecule has 1 aromatic heterocycles. The summed E-state index contributed by atoms with van der Waals surface area (Å²) in [6, 6.07) is 23.4. The van der Waals surface area contributed by atoms with Crippen molar-refractivity contribution in [2.45, 2.75) is 18.7 Å². The first-order valence-electron chi connectivity index (χ1n) is 13.5. The molecule has 0 radical (unpaired) electrons. The van der Waals surface area contributed by atoms with Crippen LogP contribution in [0.3, 0.4) is 0 Å². The van der Waals surface area contributed by atoms with Crippen LogP contribution in [0, 0.1) is 0 Å². The molecule has 0 saturated carbocycles. The summed E-state index contributed by atoms with van der Waals surface area (Å²) in [5.41, 5.74) is 9.39. The van der Waals surface area contributed by atoms with Crippen LogP contribution in [0.1, 0.15) is 27.8 Å². The Bertz CT molecular complexity index is 1920. The highest BCUT2D eigenvalue weighted by atomic mass is 35.5. The zero-order valence-corrected chi connectivity index (χ0v) is 24.4. The third-order valence-electron chi connectivity index (χ3n) is 7.42. The molecule has 3 amide bonds. The molecule has 10 nitrogen and oxygen atoms in total. The van der Waals surface area contributed by atoms with Gasteiger partial charge in [0.05, 0.1) is 26.9 Å². The van der Waals surface area contributed by atoms with Gasteiger partial charge in [0.2, 0.25) is 0 Å². The largest absolute Gasteiger partial charge is 0.480 e. The Morgan fingerprint density at radius 3 is 2.36 bits per heavy atom. The first-order valence-corrected chi connectivity index (χ1v) is 14.2. The van der Waals surface area contributed by atoms with Crippen LogP contribution in [0.4, 0.5) is 21.9 Å². The Balaban J connectivity index is 1.25. The summed E-state index contributed by atoms with van der Waals surface area (Å²) in [6.07, 6.45) is -1.33. The van der Waals surface area contributed by atoms with Crippen molar-refractivity contribution in [2.75, 3.05) is 16.0 Å². The van der Waals surface area contributed by atoms with E-state index in [2.05, 4.69) is 10.6 Å². The van der Waals surface area contributed by atoms with E-state index in [1.165, 1.54) is 4.90 Å². The number of nitrogens with one attached hydrogen (secondary N) is 2. The molecule has 2 heterocycles. The summed E-state index contributed by atoms with van der Waals surface area (Å²) in [5.74, 6) is -1.87. The Kier molecular flexibility index (Phi) is 7.64. The van der Waals surface area contributed by atoms with Crippen molar-refractivity contribution in [3.63, 3.8) is 0 Å². The van der Waals surface area contributed by atoms with Gasteiger partial charge in [-0.1, -0.05) is 59.6 Å². The van der Waals surface area contributed by atoms with E-state index < -0.39 is 30.2 Å². The van der Waals surface area contributed by atoms with Crippen LogP contribution in [0.25, 0.3) is 16.6 Å². The van der Waals surface area contributed by atoms with Crippen LogP contribution < -0.4 is 21.3 Å². The predicted molar refractivity (Wildman–Crippen MR) is 170 cm³/mol. The maximum atomic E-state index is 13.6. The third-order valence-corrected chi connectivity index (χ3v) is 8.03. The van der Waals surface area contributed by atoms with Crippen LogP contribution in [-0.2, 0) is 11.2 Å². The first-order chi connectivity index (χ1) is 21.1. The number of hydrogen-bond donors (Lipinski definition) is 5. The summed E-state index contributed by atoms with van der Waals surface area (Å²) in [7, 11) is 0. The van der Waals surface area contributed by atoms with Crippen LogP contribution in [-0.4, -0.2) is 38.7 Å². The average molecular weight is 630 g/mol. The Labute approximate surface area is 261 Å². The highest BCUT2D eigenvalue weighted by Crippen LogP contribution is 2.36. The highest BCUT2D eigenvalue weighted by molar-refractivity contribution is 6.38. The number of carbonyl (C=O) groups excluding carboxylic acids is 2. The summed E-state index contributed by atoms with van der Waals surface area (Å²) in [4.78, 5) is 39.9. The van der Waals surface area contributed by atoms with Crippen molar-refractivity contribution in [2.24, 2.45) is 0 Å². The molecule has 0 aliphatic carbocycles. The number of carbonyl (C=O) groups is 3. The van der Waals surface area contributed by atoms with E-state index in [0.29, 0.717) is 49.4 Å². The first kappa shape index (κ1) is 29.1. The number of carboxylic acid groups (broad SMARTS) is 1. The minimum Gasteiger partial charge on any atom is -0.480 e. The van der Waals surface area contributed by atoms with E-state index in [1.807, 2.05) is 24.3 Å². The van der Waals surface area contributed by atoms with Gasteiger partial charge in [-0.2, -0.15) is 0 Å². The van der Waals surface area contributed by atoms with Gasteiger partial charge in [-0.05, 0) is 60.2 Å². The monoisotopic (exact) mass is 629 g/mol. The van der Waals surface area contributed by atoms with Crippen molar-refractivity contribution in [3.05, 3.63) is 118 Å². The van der Waals surface area contributed by atoms with Crippen molar-refractivity contribution >= 4 is 69.1 Å². The minimum absolute atomic E-state index is 0.0530. The number of amides is 3. The zero-order chi connectivity index (χ0) is 31.1. The molecule has 44 heavy (non-hydrogen) atoms. The van der Waals surface area contributed by atoms with E-state index in [4.69, 9.17) is 28.9 Å². The van der Waals surface area contributed by atoms with Gasteiger partial charge in [0.1, 0.15) is 11.7 Å². The lowest BCUT2D eigenvalue weighted by Crippen LogP contribution is -2.43. The minimum atomic E-state index is -1.29. The number of halogens is 2. The topological polar surface area (TPSA) is 150 Å². The fourth-order valence-corrected chi connectivity index (χ4v) is 5.89. The standard InChI is InChI=1S/C32H25Cl2N5O5/c33-22-5-3-6-23(34)28(22)39-26-7-2-1-4-18(26)15-27(39)29(40)36-25(31(42)43)14-17-8-11-20(12-9-17)38-30(41)21-16-19(35)10-13-24(21)37-32(38)44/h1-13,15-16,25,30,41H,14,35H2,(H,36,40)(H,37,44)(H,42,43). The number of aliphatic hydroxyl groups is 1. The number of anilines is 3. The number of nitrogens with two attached hydrogens (primary N) is 1. The number of para-hydroxylation sites is 2. The molecule has 222 valence electrons. The van der Waals surface area contributed by atoms with Gasteiger partial charge in [-0.3, -0.25) is 9.69 Å². The van der Waals surface area contributed by atoms with Crippen molar-refractivity contribution < 1.29 is 24.6 Å². The van der Waals surface area contributed by atoms with Gasteiger partial charge in [0.25, 0.3) is 5.91 Å². The maximum Gasteiger partial charge on any atom is 0.328 e. The summed E-state index contributed by atoms with van der Waals surface area (Å²) >= 11 is 13.0. The number of aliphatic carboxylic acids is 1. The fourth-order valence-electron chi connectivity index (χ4n) is 5.32. The lowest BCUT2D eigenvalue weighted by atomic mass is 10.0. The van der Waals surface area contributed by atoms with Crippen LogP contribution >= 0.6 is 23.2 Å². The molecule has 6 N–H and O–H groups in total. The third kappa shape index (κ3) is 5.30. The number of carboxylic acids is 1. The zero-order valence-electron chi connectivity index (χ0n) is 22.9. The number of nitrogen functional groups attached to an aromatic ring is 1. The molecule has 0 bridgehead atoms. The number of aliphatic hydroxyl groups excluding tert-OH is 1. The molecule has 5 aromatic rings. The van der Waals surface area contributed by atoms with Gasteiger partial charge in [-0.15, -0.1) is 0 Å². The fraction of sp³-hybridized carbons (Fsp3) is 0.0938. The highest BCUT2D eigenvalue weighted by Gasteiger charge is 2.32. The number of hydrogen-bond acceptors (Lipinski definition) is 5. The van der Waals surface area contributed by atoms with E-state index in [1.54, 1.807) is 71.3 Å². The molecule has 12 heteroatoms. The molecular formula is C32H25Cl2N5O5. The van der Waals surface area contributed by atoms with E-state index in [-0.39, 0.29) is 12.1 Å². The predicted octanol–water partition coefficient (Wildman–Crippen LogP) is 5.99. The number of benzene rings is 4. The van der Waals surface area contributed by atoms with Crippen LogP contribution in [0.2, 0.25) is 10.0 Å². The molecule has 1 aliphatic heterocycles.